The van der Waals surface area contributed by atoms with Crippen LogP contribution in [0.5, 0.6) is 11.5 Å². The Morgan fingerprint density at radius 1 is 0.614 bits per heavy atom. The summed E-state index contributed by atoms with van der Waals surface area (Å²) < 4.78 is 96.2. The number of aromatic hydroxyl groups is 2. The molecule has 2 aliphatic heterocycles. The van der Waals surface area contributed by atoms with E-state index in [9.17, 15) is 37.4 Å². The molecule has 70 heavy (non-hydrogen) atoms. The van der Waals surface area contributed by atoms with Crippen molar-refractivity contribution in [3.63, 3.8) is 0 Å². The Hall–Kier alpha value is -6.60. The van der Waals surface area contributed by atoms with Gasteiger partial charge in [0.2, 0.25) is 11.8 Å². The minimum Gasteiger partial charge on any atom is -0.508 e. The minimum absolute atomic E-state index is 0.00874. The van der Waals surface area contributed by atoms with E-state index in [4.69, 9.17) is 23.2 Å². The van der Waals surface area contributed by atoms with Crippen molar-refractivity contribution in [2.24, 2.45) is 0 Å². The zero-order valence-corrected chi connectivity index (χ0v) is 39.6. The molecule has 2 saturated heterocycles. The van der Waals surface area contributed by atoms with Crippen molar-refractivity contribution < 1.29 is 46.1 Å². The molecule has 2 N–H and O–H groups in total. The van der Waals surface area contributed by atoms with Crippen molar-refractivity contribution in [1.82, 2.24) is 18.5 Å². The van der Waals surface area contributed by atoms with Crippen molar-refractivity contribution in [1.29, 1.82) is 0 Å². The average Bonchev–Trinajstić information content (AvgIpc) is 3.98. The van der Waals surface area contributed by atoms with Gasteiger partial charge in [0.1, 0.15) is 44.6 Å². The van der Waals surface area contributed by atoms with Gasteiger partial charge in [-0.3, -0.25) is 9.59 Å². The highest BCUT2D eigenvalue weighted by Crippen LogP contribution is 2.47. The number of fused-ring (bicyclic) bond motifs is 4. The summed E-state index contributed by atoms with van der Waals surface area (Å²) >= 11 is 15.0. The number of aromatic nitrogens is 2. The average molecular weight is 1040 g/mol. The molecule has 20 heteroatoms. The van der Waals surface area contributed by atoms with Crippen molar-refractivity contribution in [2.45, 2.75) is 24.9 Å². The second-order valence-electron chi connectivity index (χ2n) is 16.5. The summed E-state index contributed by atoms with van der Waals surface area (Å²) in [7, 11) is 0. The quantitative estimate of drug-likeness (QED) is 0.114. The van der Waals surface area contributed by atoms with Gasteiger partial charge in [-0.15, -0.1) is 0 Å². The number of halogens is 8. The van der Waals surface area contributed by atoms with Gasteiger partial charge in [-0.25, -0.2) is 26.3 Å². The largest absolute Gasteiger partial charge is 0.508 e. The summed E-state index contributed by atoms with van der Waals surface area (Å²) in [5, 5.41) is 24.7. The molecule has 2 amide bonds. The minimum atomic E-state index is -2.74. The Labute approximate surface area is 413 Å². The number of hydrogen-bond donors (Lipinski definition) is 2. The topological polar surface area (TPSA) is 113 Å². The van der Waals surface area contributed by atoms with Gasteiger partial charge in [-0.1, -0.05) is 84.9 Å². The van der Waals surface area contributed by atoms with E-state index in [1.165, 1.54) is 43.9 Å². The monoisotopic (exact) mass is 1030 g/mol. The maximum absolute atomic E-state index is 15.9. The fourth-order valence-electron chi connectivity index (χ4n) is 9.12. The fourth-order valence-corrected chi connectivity index (χ4v) is 11.6. The number of piperazine rings is 2. The summed E-state index contributed by atoms with van der Waals surface area (Å²) in [6.45, 7) is 7.16. The molecule has 0 bridgehead atoms. The van der Waals surface area contributed by atoms with E-state index in [1.54, 1.807) is 60.7 Å². The van der Waals surface area contributed by atoms with Crippen LogP contribution in [0.2, 0.25) is 10.0 Å². The van der Waals surface area contributed by atoms with Gasteiger partial charge < -0.3 is 29.8 Å². The van der Waals surface area contributed by atoms with Gasteiger partial charge in [0, 0.05) is 61.2 Å². The lowest BCUT2D eigenvalue weighted by molar-refractivity contribution is -0.128. The van der Waals surface area contributed by atoms with Crippen molar-refractivity contribution in [3.05, 3.63) is 132 Å². The smallest absolute Gasteiger partial charge is 0.260 e. The van der Waals surface area contributed by atoms with Crippen LogP contribution in [0.1, 0.15) is 0 Å². The summed E-state index contributed by atoms with van der Waals surface area (Å²) in [4.78, 5) is 29.5. The molecule has 0 unspecified atom stereocenters. The number of alkyl halides is 4. The fraction of sp³-hybridized carbons (Fsp3) is 0.200. The predicted molar refractivity (Wildman–Crippen MR) is 266 cm³/mol. The van der Waals surface area contributed by atoms with Gasteiger partial charge in [0.05, 0.1) is 10.0 Å². The molecule has 2 atom stereocenters. The molecule has 0 spiro atoms. The lowest BCUT2D eigenvalue weighted by Crippen LogP contribution is -2.57. The molecule has 2 aromatic heterocycles. The van der Waals surface area contributed by atoms with E-state index in [2.05, 4.69) is 21.9 Å². The molecule has 360 valence electrons. The maximum Gasteiger partial charge on any atom is 0.260 e. The Balaban J connectivity index is 0.000000174. The number of carbonyl (C=O) groups is 2. The number of phenols is 2. The number of nitrogens with zero attached hydrogens (tertiary/aromatic N) is 6. The van der Waals surface area contributed by atoms with E-state index in [-0.39, 0.29) is 83.0 Å². The first-order chi connectivity index (χ1) is 33.6. The molecule has 2 fully saturated rings. The second-order valence-corrected chi connectivity index (χ2v) is 18.8. The van der Waals surface area contributed by atoms with Crippen molar-refractivity contribution in [3.8, 4) is 33.8 Å². The van der Waals surface area contributed by atoms with Gasteiger partial charge in [0.25, 0.3) is 12.9 Å². The summed E-state index contributed by atoms with van der Waals surface area (Å²) in [6, 6.07) is 20.9. The van der Waals surface area contributed by atoms with E-state index in [1.807, 2.05) is 0 Å². The summed E-state index contributed by atoms with van der Waals surface area (Å²) in [5.74, 6) is -2.30. The first kappa shape index (κ1) is 48.4. The van der Waals surface area contributed by atoms with Gasteiger partial charge in [0.15, 0.2) is 11.6 Å². The Bertz CT molecular complexity index is 3170. The highest BCUT2D eigenvalue weighted by Gasteiger charge is 2.39. The van der Waals surface area contributed by atoms with E-state index >= 15 is 8.78 Å². The molecule has 0 saturated carbocycles. The van der Waals surface area contributed by atoms with Crippen LogP contribution in [0.15, 0.2) is 110 Å². The number of benzene rings is 6. The van der Waals surface area contributed by atoms with Crippen LogP contribution in [0.4, 0.5) is 36.3 Å². The highest BCUT2D eigenvalue weighted by atomic mass is 35.5. The zero-order valence-electron chi connectivity index (χ0n) is 36.4. The number of hydrogen-bond acceptors (Lipinski definition) is 10. The number of anilines is 2. The highest BCUT2D eigenvalue weighted by molar-refractivity contribution is 7.12. The lowest BCUT2D eigenvalue weighted by atomic mass is 9.96. The lowest BCUT2D eigenvalue weighted by Gasteiger charge is -2.41. The third-order valence-corrected chi connectivity index (χ3v) is 14.8. The van der Waals surface area contributed by atoms with Crippen LogP contribution >= 0.6 is 46.3 Å². The Kier molecular flexibility index (Phi) is 13.6. The van der Waals surface area contributed by atoms with Crippen LogP contribution < -0.4 is 9.80 Å². The maximum atomic E-state index is 15.9. The summed E-state index contributed by atoms with van der Waals surface area (Å²) in [6.07, 6.45) is -3.29. The van der Waals surface area contributed by atoms with E-state index < -0.39 is 48.4 Å². The normalized spacial score (nSPS) is 16.4. The Morgan fingerprint density at radius 3 is 1.37 bits per heavy atom. The molecule has 2 aliphatic rings. The van der Waals surface area contributed by atoms with Crippen LogP contribution in [0, 0.1) is 11.6 Å². The molecule has 0 aliphatic carbocycles. The first-order valence-electron chi connectivity index (χ1n) is 21.5. The molecule has 6 aromatic carbocycles. The number of rotatable bonds is 8. The van der Waals surface area contributed by atoms with Crippen LogP contribution in [-0.2, 0) is 9.59 Å². The molecule has 10 nitrogen and oxygen atoms in total. The molecule has 8 aromatic rings. The number of amides is 2. The standard InChI is InChI=1S/2C25H19ClF3N3O2S/c2*1-2-20(34)31-7-8-32(19(12-31)24(28)29)25-17-11-18(26)21(22(27)23(17)30-35-25)16-10-14(33)9-13-5-3-4-6-15(13)16/h2*2-6,9-11,19,24,33H,1,7-8,12H2/t2*19-/m10/s1. The number of carbonyl (C=O) groups excluding carboxylic acids is 2. The van der Waals surface area contributed by atoms with Gasteiger partial charge >= 0.3 is 0 Å². The SMILES string of the molecule is C=CC(=O)N1CCN(c2snc3c(F)c(-c4cc(O)cc5ccccc45)c(Cl)cc23)[C@@H](C(F)F)C1.C=CC(=O)N1CCN(c2snc3c(F)c(-c4cc(O)cc5ccccc45)c(Cl)cc23)[C@H](C(F)F)C1. The second kappa shape index (κ2) is 19.7. The van der Waals surface area contributed by atoms with Crippen LogP contribution in [0.3, 0.4) is 0 Å². The zero-order chi connectivity index (χ0) is 49.7. The third-order valence-electron chi connectivity index (χ3n) is 12.4. The molecule has 10 rings (SSSR count). The van der Waals surface area contributed by atoms with Crippen molar-refractivity contribution >= 4 is 111 Å². The first-order valence-corrected chi connectivity index (χ1v) is 23.8. The van der Waals surface area contributed by atoms with Crippen LogP contribution in [0.25, 0.3) is 65.6 Å². The summed E-state index contributed by atoms with van der Waals surface area (Å²) in [5.41, 5.74) is 0.983. The number of phenolic OH excluding ortho intramolecular Hbond substituents is 2. The Morgan fingerprint density at radius 2 is 1.00 bits per heavy atom. The van der Waals surface area contributed by atoms with E-state index in [0.29, 0.717) is 53.4 Å². The van der Waals surface area contributed by atoms with Gasteiger partial charge in [-0.2, -0.15) is 8.75 Å². The van der Waals surface area contributed by atoms with Crippen LogP contribution in [-0.4, -0.2) is 105 Å². The molecular weight excluding hydrogens is 998 g/mol. The van der Waals surface area contributed by atoms with Gasteiger partial charge in [-0.05, 0) is 104 Å². The van der Waals surface area contributed by atoms with Crippen molar-refractivity contribution in [2.75, 3.05) is 49.1 Å². The molecule has 0 radical (unpaired) electrons. The third kappa shape index (κ3) is 8.82. The predicted octanol–water partition coefficient (Wildman–Crippen LogP) is 12.2. The van der Waals surface area contributed by atoms with E-state index in [0.717, 1.165) is 35.2 Å². The molecule has 4 heterocycles. The molecular formula is C50H38Cl2F6N6O4S2.